The first-order valence-corrected chi connectivity index (χ1v) is 5.68. The number of carbonyl (C=O) groups excluding carboxylic acids is 2. The number of nitrogens with one attached hydrogen (secondary N) is 1. The molecule has 0 aromatic heterocycles. The van der Waals surface area contributed by atoms with E-state index in [2.05, 4.69) is 5.32 Å². The van der Waals surface area contributed by atoms with Crippen molar-refractivity contribution in [3.63, 3.8) is 0 Å². The molecule has 1 aliphatic carbocycles. The van der Waals surface area contributed by atoms with Gasteiger partial charge in [-0.2, -0.15) is 0 Å². The van der Waals surface area contributed by atoms with Gasteiger partial charge in [0.05, 0.1) is 5.92 Å². The molecular weight excluding hydrogens is 206 g/mol. The molecule has 16 heavy (non-hydrogen) atoms. The second-order valence-electron chi connectivity index (χ2n) is 5.22. The van der Waals surface area contributed by atoms with Crippen molar-refractivity contribution >= 4 is 11.8 Å². The summed E-state index contributed by atoms with van der Waals surface area (Å²) in [6, 6.07) is -0.0515. The van der Waals surface area contributed by atoms with Gasteiger partial charge in [-0.1, -0.05) is 6.42 Å². The molecule has 5 nitrogen and oxygen atoms in total. The van der Waals surface area contributed by atoms with Crippen LogP contribution in [0.1, 0.15) is 39.5 Å². The number of primary amides is 1. The smallest absolute Gasteiger partial charge is 0.225 e. The van der Waals surface area contributed by atoms with E-state index in [-0.39, 0.29) is 24.3 Å². The van der Waals surface area contributed by atoms with Crippen LogP contribution in [-0.4, -0.2) is 23.4 Å². The summed E-state index contributed by atoms with van der Waals surface area (Å²) in [5.41, 5.74) is 10.4. The lowest BCUT2D eigenvalue weighted by Gasteiger charge is -2.27. The third-order valence-electron chi connectivity index (χ3n) is 2.98. The number of rotatable bonds is 4. The van der Waals surface area contributed by atoms with Crippen LogP contribution in [0.3, 0.4) is 0 Å². The second kappa shape index (κ2) is 4.82. The van der Waals surface area contributed by atoms with E-state index in [4.69, 9.17) is 11.5 Å². The average molecular weight is 227 g/mol. The van der Waals surface area contributed by atoms with Crippen molar-refractivity contribution in [2.45, 2.75) is 51.1 Å². The van der Waals surface area contributed by atoms with Gasteiger partial charge in [-0.05, 0) is 26.7 Å². The number of amides is 2. The first-order valence-electron chi connectivity index (χ1n) is 5.68. The molecule has 5 N–H and O–H groups in total. The number of hydrogen-bond acceptors (Lipinski definition) is 3. The molecule has 0 aliphatic heterocycles. The molecule has 0 aromatic rings. The lowest BCUT2D eigenvalue weighted by atomic mass is 9.97. The maximum Gasteiger partial charge on any atom is 0.225 e. The fraction of sp³-hybridized carbons (Fsp3) is 0.818. The molecule has 2 unspecified atom stereocenters. The summed E-state index contributed by atoms with van der Waals surface area (Å²) in [5.74, 6) is -0.593. The van der Waals surface area contributed by atoms with Crippen molar-refractivity contribution in [1.82, 2.24) is 5.32 Å². The van der Waals surface area contributed by atoms with Crippen molar-refractivity contribution in [2.75, 3.05) is 0 Å². The van der Waals surface area contributed by atoms with Gasteiger partial charge in [0.2, 0.25) is 11.8 Å². The zero-order valence-electron chi connectivity index (χ0n) is 9.95. The van der Waals surface area contributed by atoms with Crippen LogP contribution in [0.2, 0.25) is 0 Å². The number of hydrogen-bond donors (Lipinski definition) is 3. The molecule has 2 atom stereocenters. The third-order valence-corrected chi connectivity index (χ3v) is 2.98. The van der Waals surface area contributed by atoms with E-state index in [1.165, 1.54) is 0 Å². The minimum absolute atomic E-state index is 0.0515. The molecule has 92 valence electrons. The normalized spacial score (nSPS) is 25.4. The van der Waals surface area contributed by atoms with Gasteiger partial charge < -0.3 is 16.8 Å². The molecule has 1 saturated carbocycles. The van der Waals surface area contributed by atoms with Gasteiger partial charge in [0.1, 0.15) is 0 Å². The fourth-order valence-corrected chi connectivity index (χ4v) is 2.22. The summed E-state index contributed by atoms with van der Waals surface area (Å²) in [4.78, 5) is 22.7. The zero-order chi connectivity index (χ0) is 12.3. The Balaban J connectivity index is 2.52. The molecule has 0 saturated heterocycles. The summed E-state index contributed by atoms with van der Waals surface area (Å²) in [5, 5.41) is 2.84. The summed E-state index contributed by atoms with van der Waals surface area (Å²) >= 11 is 0. The first-order chi connectivity index (χ1) is 7.32. The monoisotopic (exact) mass is 227 g/mol. The van der Waals surface area contributed by atoms with E-state index in [0.717, 1.165) is 19.3 Å². The van der Waals surface area contributed by atoms with Gasteiger partial charge in [0.15, 0.2) is 0 Å². The Morgan fingerprint density at radius 1 is 1.38 bits per heavy atom. The number of nitrogens with two attached hydrogens (primary N) is 2. The van der Waals surface area contributed by atoms with Gasteiger partial charge >= 0.3 is 0 Å². The predicted octanol–water partition coefficient (Wildman–Crippen LogP) is -0.116. The van der Waals surface area contributed by atoms with Gasteiger partial charge in [0, 0.05) is 18.0 Å². The Morgan fingerprint density at radius 3 is 2.44 bits per heavy atom. The molecule has 5 heteroatoms. The van der Waals surface area contributed by atoms with Crippen molar-refractivity contribution in [1.29, 1.82) is 0 Å². The predicted molar refractivity (Wildman–Crippen MR) is 61.3 cm³/mol. The third kappa shape index (κ3) is 3.48. The van der Waals surface area contributed by atoms with E-state index in [0.29, 0.717) is 0 Å². The molecule has 0 radical (unpaired) electrons. The van der Waals surface area contributed by atoms with E-state index in [1.807, 2.05) is 0 Å². The quantitative estimate of drug-likeness (QED) is 0.624. The Morgan fingerprint density at radius 2 is 2.00 bits per heavy atom. The van der Waals surface area contributed by atoms with Crippen LogP contribution in [0.25, 0.3) is 0 Å². The maximum atomic E-state index is 11.9. The fourth-order valence-electron chi connectivity index (χ4n) is 2.22. The standard InChI is InChI=1S/C11H21N3O2/c1-11(2,6-9(13)15)14-10(16)7-4-3-5-8(7)12/h7-8H,3-6,12H2,1-2H3,(H2,13,15)(H,14,16). The molecule has 2 amide bonds. The Bertz CT molecular complexity index is 289. The van der Waals surface area contributed by atoms with Crippen molar-refractivity contribution in [3.8, 4) is 0 Å². The first kappa shape index (κ1) is 13.0. The molecule has 0 aromatic carbocycles. The lowest BCUT2D eigenvalue weighted by molar-refractivity contribution is -0.127. The average Bonchev–Trinajstić information content (AvgIpc) is 2.47. The van der Waals surface area contributed by atoms with Crippen LogP contribution in [0.5, 0.6) is 0 Å². The largest absolute Gasteiger partial charge is 0.370 e. The molecule has 0 heterocycles. The molecule has 1 rings (SSSR count). The Kier molecular flexibility index (Phi) is 3.91. The minimum atomic E-state index is -0.592. The summed E-state index contributed by atoms with van der Waals surface area (Å²) in [6.07, 6.45) is 2.87. The molecular formula is C11H21N3O2. The van der Waals surface area contributed by atoms with Crippen LogP contribution >= 0.6 is 0 Å². The Labute approximate surface area is 95.9 Å². The van der Waals surface area contributed by atoms with E-state index in [1.54, 1.807) is 13.8 Å². The van der Waals surface area contributed by atoms with E-state index >= 15 is 0 Å². The van der Waals surface area contributed by atoms with E-state index in [9.17, 15) is 9.59 Å². The van der Waals surface area contributed by atoms with Gasteiger partial charge in [-0.3, -0.25) is 9.59 Å². The van der Waals surface area contributed by atoms with Crippen LogP contribution < -0.4 is 16.8 Å². The van der Waals surface area contributed by atoms with Gasteiger partial charge in [-0.15, -0.1) is 0 Å². The highest BCUT2D eigenvalue weighted by Gasteiger charge is 2.33. The SMILES string of the molecule is CC(C)(CC(N)=O)NC(=O)C1CCCC1N. The summed E-state index contributed by atoms with van der Waals surface area (Å²) in [6.45, 7) is 3.58. The summed E-state index contributed by atoms with van der Waals surface area (Å²) in [7, 11) is 0. The van der Waals surface area contributed by atoms with Crippen LogP contribution in [0.15, 0.2) is 0 Å². The van der Waals surface area contributed by atoms with Crippen LogP contribution in [-0.2, 0) is 9.59 Å². The van der Waals surface area contributed by atoms with Gasteiger partial charge in [0.25, 0.3) is 0 Å². The highest BCUT2D eigenvalue weighted by molar-refractivity contribution is 5.82. The van der Waals surface area contributed by atoms with Crippen LogP contribution in [0, 0.1) is 5.92 Å². The maximum absolute atomic E-state index is 11.9. The minimum Gasteiger partial charge on any atom is -0.370 e. The summed E-state index contributed by atoms with van der Waals surface area (Å²) < 4.78 is 0. The molecule has 1 fully saturated rings. The highest BCUT2D eigenvalue weighted by Crippen LogP contribution is 2.25. The zero-order valence-corrected chi connectivity index (χ0v) is 9.95. The van der Waals surface area contributed by atoms with Gasteiger partial charge in [-0.25, -0.2) is 0 Å². The number of carbonyl (C=O) groups is 2. The molecule has 0 bridgehead atoms. The van der Waals surface area contributed by atoms with Crippen molar-refractivity contribution in [3.05, 3.63) is 0 Å². The molecule has 1 aliphatic rings. The van der Waals surface area contributed by atoms with Crippen molar-refractivity contribution in [2.24, 2.45) is 17.4 Å². The lowest BCUT2D eigenvalue weighted by Crippen LogP contribution is -2.50. The second-order valence-corrected chi connectivity index (χ2v) is 5.22. The molecule has 0 spiro atoms. The topological polar surface area (TPSA) is 98.2 Å². The Hall–Kier alpha value is -1.10. The highest BCUT2D eigenvalue weighted by atomic mass is 16.2. The van der Waals surface area contributed by atoms with Crippen LogP contribution in [0.4, 0.5) is 0 Å². The van der Waals surface area contributed by atoms with Crippen molar-refractivity contribution < 1.29 is 9.59 Å². The van der Waals surface area contributed by atoms with E-state index < -0.39 is 11.4 Å².